The Morgan fingerprint density at radius 3 is 2.76 bits per heavy atom. The van der Waals surface area contributed by atoms with Crippen molar-refractivity contribution < 1.29 is 9.90 Å². The normalized spacial score (nSPS) is 11.2. The van der Waals surface area contributed by atoms with E-state index in [-0.39, 0.29) is 6.42 Å². The molecule has 0 aliphatic rings. The Labute approximate surface area is 120 Å². The fourth-order valence-corrected chi connectivity index (χ4v) is 2.37. The Balaban J connectivity index is 2.22. The quantitative estimate of drug-likeness (QED) is 0.767. The number of carboxylic acid groups (broad SMARTS) is 1. The molecule has 0 bridgehead atoms. The van der Waals surface area contributed by atoms with Gasteiger partial charge in [-0.05, 0) is 20.8 Å². The van der Waals surface area contributed by atoms with E-state index in [2.05, 4.69) is 20.3 Å². The van der Waals surface area contributed by atoms with Crippen molar-refractivity contribution in [1.82, 2.24) is 29.4 Å². The Kier molecular flexibility index (Phi) is 2.93. The fraction of sp³-hybridized carbons (Fsp3) is 0.308. The standard InChI is InChI=1S/C13H14N6O2/c1-7-10(6-11(20)21)8(2)19(17-7)12-13-16-15-9(3)18(13)5-4-14-12/h4-5H,6H2,1-3H3,(H,20,21). The average Bonchev–Trinajstić information content (AvgIpc) is 2.94. The van der Waals surface area contributed by atoms with Crippen molar-refractivity contribution >= 4 is 11.6 Å². The number of rotatable bonds is 3. The maximum atomic E-state index is 11.0. The third-order valence-electron chi connectivity index (χ3n) is 3.45. The van der Waals surface area contributed by atoms with Gasteiger partial charge in [0.05, 0.1) is 12.1 Å². The van der Waals surface area contributed by atoms with Crippen LogP contribution >= 0.6 is 0 Å². The number of hydrogen-bond acceptors (Lipinski definition) is 5. The molecule has 0 saturated carbocycles. The molecule has 8 nitrogen and oxygen atoms in total. The molecule has 3 rings (SSSR count). The Morgan fingerprint density at radius 2 is 2.05 bits per heavy atom. The van der Waals surface area contributed by atoms with Gasteiger partial charge in [-0.25, -0.2) is 9.67 Å². The van der Waals surface area contributed by atoms with Crippen LogP contribution in [0.5, 0.6) is 0 Å². The van der Waals surface area contributed by atoms with Gasteiger partial charge in [-0.2, -0.15) is 5.10 Å². The monoisotopic (exact) mass is 286 g/mol. The predicted octanol–water partition coefficient (Wildman–Crippen LogP) is 0.862. The molecule has 0 amide bonds. The smallest absolute Gasteiger partial charge is 0.307 e. The number of carboxylic acids is 1. The fourth-order valence-electron chi connectivity index (χ4n) is 2.37. The maximum Gasteiger partial charge on any atom is 0.307 e. The predicted molar refractivity (Wildman–Crippen MR) is 73.5 cm³/mol. The van der Waals surface area contributed by atoms with Crippen LogP contribution in [0.4, 0.5) is 0 Å². The highest BCUT2D eigenvalue weighted by atomic mass is 16.4. The lowest BCUT2D eigenvalue weighted by molar-refractivity contribution is -0.136. The van der Waals surface area contributed by atoms with Gasteiger partial charge in [-0.3, -0.25) is 9.20 Å². The molecule has 0 aliphatic heterocycles. The molecule has 0 atom stereocenters. The van der Waals surface area contributed by atoms with Crippen LogP contribution in [0.25, 0.3) is 11.5 Å². The van der Waals surface area contributed by atoms with E-state index in [0.29, 0.717) is 22.7 Å². The van der Waals surface area contributed by atoms with Crippen LogP contribution < -0.4 is 0 Å². The summed E-state index contributed by atoms with van der Waals surface area (Å²) < 4.78 is 3.44. The van der Waals surface area contributed by atoms with Crippen LogP contribution in [0, 0.1) is 20.8 Å². The van der Waals surface area contributed by atoms with E-state index in [1.165, 1.54) is 0 Å². The van der Waals surface area contributed by atoms with E-state index in [1.54, 1.807) is 24.0 Å². The van der Waals surface area contributed by atoms with Crippen LogP contribution in [0.2, 0.25) is 0 Å². The lowest BCUT2D eigenvalue weighted by Gasteiger charge is -2.05. The molecule has 0 aromatic carbocycles. The second-order valence-electron chi connectivity index (χ2n) is 4.82. The minimum atomic E-state index is -0.884. The van der Waals surface area contributed by atoms with Gasteiger partial charge < -0.3 is 5.11 Å². The van der Waals surface area contributed by atoms with Gasteiger partial charge >= 0.3 is 5.97 Å². The highest BCUT2D eigenvalue weighted by Gasteiger charge is 2.18. The molecule has 21 heavy (non-hydrogen) atoms. The number of aromatic nitrogens is 6. The van der Waals surface area contributed by atoms with Gasteiger partial charge in [0.15, 0.2) is 5.82 Å². The van der Waals surface area contributed by atoms with Crippen molar-refractivity contribution in [2.75, 3.05) is 0 Å². The number of fused-ring (bicyclic) bond motifs is 1. The molecule has 108 valence electrons. The number of carbonyl (C=O) groups is 1. The molecule has 0 radical (unpaired) electrons. The van der Waals surface area contributed by atoms with Gasteiger partial charge in [-0.15, -0.1) is 10.2 Å². The molecule has 3 heterocycles. The molecule has 0 spiro atoms. The van der Waals surface area contributed by atoms with Crippen LogP contribution in [-0.2, 0) is 11.2 Å². The zero-order chi connectivity index (χ0) is 15.1. The molecule has 1 N–H and O–H groups in total. The molecule has 3 aromatic heterocycles. The van der Waals surface area contributed by atoms with Gasteiger partial charge in [-0.1, -0.05) is 0 Å². The van der Waals surface area contributed by atoms with Crippen LogP contribution in [-0.4, -0.2) is 40.4 Å². The summed E-state index contributed by atoms with van der Waals surface area (Å²) in [6.07, 6.45) is 3.36. The zero-order valence-corrected chi connectivity index (χ0v) is 11.9. The summed E-state index contributed by atoms with van der Waals surface area (Å²) in [5.41, 5.74) is 2.70. The third kappa shape index (κ3) is 2.04. The number of aliphatic carboxylic acids is 1. The second kappa shape index (κ2) is 4.65. The summed E-state index contributed by atoms with van der Waals surface area (Å²) in [7, 11) is 0. The molecule has 3 aromatic rings. The third-order valence-corrected chi connectivity index (χ3v) is 3.45. The van der Waals surface area contributed by atoms with Gasteiger partial charge in [0.1, 0.15) is 5.82 Å². The highest BCUT2D eigenvalue weighted by Crippen LogP contribution is 2.19. The van der Waals surface area contributed by atoms with E-state index in [1.807, 2.05) is 18.2 Å². The van der Waals surface area contributed by atoms with Crippen molar-refractivity contribution in [2.45, 2.75) is 27.2 Å². The van der Waals surface area contributed by atoms with E-state index in [4.69, 9.17) is 5.11 Å². The summed E-state index contributed by atoms with van der Waals surface area (Å²) in [6.45, 7) is 5.46. The van der Waals surface area contributed by atoms with Gasteiger partial charge in [0.25, 0.3) is 0 Å². The molecule has 8 heteroatoms. The Bertz CT molecular complexity index is 848. The SMILES string of the molecule is Cc1nn(-c2nccn3c(C)nnc23)c(C)c1CC(=O)O. The first-order valence-corrected chi connectivity index (χ1v) is 6.42. The Hall–Kier alpha value is -2.77. The zero-order valence-electron chi connectivity index (χ0n) is 11.9. The minimum absolute atomic E-state index is 0.0630. The first-order chi connectivity index (χ1) is 9.99. The maximum absolute atomic E-state index is 11.0. The van der Waals surface area contributed by atoms with Crippen LogP contribution in [0.1, 0.15) is 22.8 Å². The second-order valence-corrected chi connectivity index (χ2v) is 4.82. The van der Waals surface area contributed by atoms with Crippen molar-refractivity contribution in [1.29, 1.82) is 0 Å². The highest BCUT2D eigenvalue weighted by molar-refractivity contribution is 5.71. The topological polar surface area (TPSA) is 98.2 Å². The lowest BCUT2D eigenvalue weighted by Crippen LogP contribution is -2.06. The molecular formula is C13H14N6O2. The van der Waals surface area contributed by atoms with Crippen molar-refractivity contribution in [2.24, 2.45) is 0 Å². The summed E-state index contributed by atoms with van der Waals surface area (Å²) in [5, 5.41) is 21.5. The largest absolute Gasteiger partial charge is 0.481 e. The minimum Gasteiger partial charge on any atom is -0.481 e. The number of aryl methyl sites for hydroxylation is 2. The number of nitrogens with zero attached hydrogens (tertiary/aromatic N) is 6. The molecule has 0 aliphatic carbocycles. The van der Waals surface area contributed by atoms with Gasteiger partial charge in [0, 0.05) is 23.7 Å². The van der Waals surface area contributed by atoms with E-state index >= 15 is 0 Å². The lowest BCUT2D eigenvalue weighted by atomic mass is 10.1. The van der Waals surface area contributed by atoms with E-state index in [9.17, 15) is 4.79 Å². The summed E-state index contributed by atoms with van der Waals surface area (Å²) >= 11 is 0. The van der Waals surface area contributed by atoms with Gasteiger partial charge in [0.2, 0.25) is 5.65 Å². The van der Waals surface area contributed by atoms with Crippen molar-refractivity contribution in [3.05, 3.63) is 35.2 Å². The first-order valence-electron chi connectivity index (χ1n) is 6.42. The summed E-state index contributed by atoms with van der Waals surface area (Å²) in [4.78, 5) is 15.3. The molecule has 0 fully saturated rings. The van der Waals surface area contributed by atoms with Crippen LogP contribution in [0.3, 0.4) is 0 Å². The molecule has 0 saturated heterocycles. The van der Waals surface area contributed by atoms with Crippen molar-refractivity contribution in [3.8, 4) is 5.82 Å². The summed E-state index contributed by atoms with van der Waals surface area (Å²) in [5.74, 6) is 0.404. The van der Waals surface area contributed by atoms with Crippen molar-refractivity contribution in [3.63, 3.8) is 0 Å². The average molecular weight is 286 g/mol. The Morgan fingerprint density at radius 1 is 1.29 bits per heavy atom. The summed E-state index contributed by atoms with van der Waals surface area (Å²) in [6, 6.07) is 0. The van der Waals surface area contributed by atoms with Crippen LogP contribution in [0.15, 0.2) is 12.4 Å². The van der Waals surface area contributed by atoms with E-state index < -0.39 is 5.97 Å². The van der Waals surface area contributed by atoms with E-state index in [0.717, 1.165) is 11.5 Å². The molecule has 0 unspecified atom stereocenters. The first kappa shape index (κ1) is 13.2. The molecular weight excluding hydrogens is 272 g/mol. The number of hydrogen-bond donors (Lipinski definition) is 1.